The Balaban J connectivity index is 5.08. The molecular formula is C12H27NO6. The molecule has 3 N–H and O–H groups in total. The molecule has 0 aliphatic rings. The predicted molar refractivity (Wildman–Crippen MR) is 69.3 cm³/mol. The van der Waals surface area contributed by atoms with Gasteiger partial charge in [0, 0.05) is 26.4 Å². The number of nitrogens with one attached hydrogen (secondary N) is 1. The van der Waals surface area contributed by atoms with Crippen LogP contribution in [-0.2, 0) is 18.9 Å². The van der Waals surface area contributed by atoms with Crippen molar-refractivity contribution >= 4 is 0 Å². The average Bonchev–Trinajstić information content (AvgIpc) is 2.39. The van der Waals surface area contributed by atoms with Crippen molar-refractivity contribution in [3.63, 3.8) is 0 Å². The van der Waals surface area contributed by atoms with Crippen LogP contribution in [-0.4, -0.2) is 61.7 Å². The Bertz CT molecular complexity index is 192. The molecule has 0 radical (unpaired) electrons. The van der Waals surface area contributed by atoms with Crippen molar-refractivity contribution in [2.24, 2.45) is 0 Å². The zero-order valence-electron chi connectivity index (χ0n) is 12.3. The highest BCUT2D eigenvalue weighted by atomic mass is 16.8. The van der Waals surface area contributed by atoms with E-state index >= 15 is 0 Å². The van der Waals surface area contributed by atoms with Crippen molar-refractivity contribution in [2.45, 2.75) is 39.5 Å². The van der Waals surface area contributed by atoms with Crippen LogP contribution in [0.2, 0.25) is 0 Å². The van der Waals surface area contributed by atoms with Gasteiger partial charge in [0.2, 0.25) is 0 Å². The molecule has 0 atom stereocenters. The quantitative estimate of drug-likeness (QED) is 0.434. The van der Waals surface area contributed by atoms with Gasteiger partial charge in [0.25, 0.3) is 11.8 Å². The van der Waals surface area contributed by atoms with E-state index in [1.165, 1.54) is 0 Å². The van der Waals surface area contributed by atoms with Crippen LogP contribution in [0.5, 0.6) is 0 Å². The van der Waals surface area contributed by atoms with Gasteiger partial charge in [-0.05, 0) is 27.7 Å². The summed E-state index contributed by atoms with van der Waals surface area (Å²) in [5, 5.41) is 21.9. The molecule has 0 fully saturated rings. The SMILES string of the molecule is CCOC(CO)(NC(CO)(OCC)OCC)OCC. The van der Waals surface area contributed by atoms with Gasteiger partial charge in [0.1, 0.15) is 13.2 Å². The van der Waals surface area contributed by atoms with Gasteiger partial charge in [0.15, 0.2) is 0 Å². The van der Waals surface area contributed by atoms with E-state index in [2.05, 4.69) is 5.32 Å². The number of aliphatic hydroxyl groups excluding tert-OH is 2. The highest BCUT2D eigenvalue weighted by Crippen LogP contribution is 2.18. The maximum atomic E-state index is 9.53. The maximum Gasteiger partial charge on any atom is 0.256 e. The second kappa shape index (κ2) is 9.60. The zero-order chi connectivity index (χ0) is 14.8. The van der Waals surface area contributed by atoms with Crippen LogP contribution in [0.25, 0.3) is 0 Å². The first-order valence-corrected chi connectivity index (χ1v) is 6.64. The summed E-state index contributed by atoms with van der Waals surface area (Å²) in [4.78, 5) is 0. The second-order valence-electron chi connectivity index (χ2n) is 3.68. The number of hydrogen-bond donors (Lipinski definition) is 3. The van der Waals surface area contributed by atoms with Crippen molar-refractivity contribution in [1.29, 1.82) is 0 Å². The van der Waals surface area contributed by atoms with E-state index < -0.39 is 25.0 Å². The molecule has 0 saturated heterocycles. The third-order valence-electron chi connectivity index (χ3n) is 2.31. The Morgan fingerprint density at radius 1 is 0.684 bits per heavy atom. The number of aliphatic hydroxyl groups is 2. The van der Waals surface area contributed by atoms with Crippen LogP contribution in [0.4, 0.5) is 0 Å². The third kappa shape index (κ3) is 5.70. The van der Waals surface area contributed by atoms with E-state index in [1.54, 1.807) is 27.7 Å². The van der Waals surface area contributed by atoms with Gasteiger partial charge in [-0.1, -0.05) is 0 Å². The van der Waals surface area contributed by atoms with Gasteiger partial charge in [-0.15, -0.1) is 0 Å². The van der Waals surface area contributed by atoms with Crippen LogP contribution < -0.4 is 5.32 Å². The lowest BCUT2D eigenvalue weighted by Gasteiger charge is -2.41. The van der Waals surface area contributed by atoms with Crippen molar-refractivity contribution in [3.8, 4) is 0 Å². The Labute approximate surface area is 114 Å². The minimum absolute atomic E-state index is 0.313. The van der Waals surface area contributed by atoms with Crippen LogP contribution in [0.3, 0.4) is 0 Å². The highest BCUT2D eigenvalue weighted by molar-refractivity contribution is 4.75. The van der Waals surface area contributed by atoms with Crippen LogP contribution in [0.15, 0.2) is 0 Å². The van der Waals surface area contributed by atoms with Crippen molar-refractivity contribution in [3.05, 3.63) is 0 Å². The topological polar surface area (TPSA) is 89.4 Å². The second-order valence-corrected chi connectivity index (χ2v) is 3.68. The molecule has 7 heteroatoms. The van der Waals surface area contributed by atoms with Gasteiger partial charge in [-0.3, -0.25) is 0 Å². The molecule has 0 amide bonds. The number of ether oxygens (including phenoxy) is 4. The molecule has 0 saturated carbocycles. The molecule has 19 heavy (non-hydrogen) atoms. The Hall–Kier alpha value is -0.280. The molecule has 0 aromatic rings. The van der Waals surface area contributed by atoms with Gasteiger partial charge in [0.05, 0.1) is 0 Å². The maximum absolute atomic E-state index is 9.53. The summed E-state index contributed by atoms with van der Waals surface area (Å²) in [6, 6.07) is 0. The molecule has 0 aliphatic carbocycles. The normalized spacial score (nSPS) is 12.9. The standard InChI is InChI=1S/C12H27NO6/c1-5-16-11(9-14,17-6-2)13-12(10-15,18-7-3)19-8-4/h13-15H,5-10H2,1-4H3. The lowest BCUT2D eigenvalue weighted by Crippen LogP contribution is -2.66. The van der Waals surface area contributed by atoms with Crippen molar-refractivity contribution < 1.29 is 29.2 Å². The van der Waals surface area contributed by atoms with Gasteiger partial charge in [-0.25, -0.2) is 5.32 Å². The summed E-state index contributed by atoms with van der Waals surface area (Å²) in [7, 11) is 0. The number of rotatable bonds is 12. The van der Waals surface area contributed by atoms with E-state index in [4.69, 9.17) is 18.9 Å². The van der Waals surface area contributed by atoms with E-state index in [9.17, 15) is 10.2 Å². The molecule has 0 unspecified atom stereocenters. The molecule has 0 aromatic carbocycles. The Morgan fingerprint density at radius 2 is 0.947 bits per heavy atom. The van der Waals surface area contributed by atoms with E-state index in [-0.39, 0.29) is 0 Å². The molecule has 0 aliphatic heterocycles. The summed E-state index contributed by atoms with van der Waals surface area (Å²) in [5.41, 5.74) is 0. The minimum atomic E-state index is -1.48. The molecule has 7 nitrogen and oxygen atoms in total. The van der Waals surface area contributed by atoms with Gasteiger partial charge < -0.3 is 29.2 Å². The van der Waals surface area contributed by atoms with Crippen LogP contribution in [0.1, 0.15) is 27.7 Å². The smallest absolute Gasteiger partial charge is 0.256 e. The van der Waals surface area contributed by atoms with E-state index in [1.807, 2.05) is 0 Å². The Morgan fingerprint density at radius 3 is 1.11 bits per heavy atom. The summed E-state index contributed by atoms with van der Waals surface area (Å²) >= 11 is 0. The average molecular weight is 281 g/mol. The molecule has 0 rings (SSSR count). The molecule has 0 spiro atoms. The first kappa shape index (κ1) is 18.7. The minimum Gasteiger partial charge on any atom is -0.389 e. The summed E-state index contributed by atoms with van der Waals surface area (Å²) < 4.78 is 21.7. The fraction of sp³-hybridized carbons (Fsp3) is 1.00. The molecule has 0 bridgehead atoms. The van der Waals surface area contributed by atoms with Gasteiger partial charge >= 0.3 is 0 Å². The fourth-order valence-electron chi connectivity index (χ4n) is 1.71. The Kier molecular flexibility index (Phi) is 9.46. The van der Waals surface area contributed by atoms with Crippen LogP contribution in [0, 0.1) is 0 Å². The number of hydrogen-bond acceptors (Lipinski definition) is 7. The van der Waals surface area contributed by atoms with Gasteiger partial charge in [-0.2, -0.15) is 0 Å². The predicted octanol–water partition coefficient (Wildman–Crippen LogP) is 0.0142. The van der Waals surface area contributed by atoms with Crippen molar-refractivity contribution in [2.75, 3.05) is 39.6 Å². The fourth-order valence-corrected chi connectivity index (χ4v) is 1.71. The summed E-state index contributed by atoms with van der Waals surface area (Å²) in [6.45, 7) is 7.44. The molecule has 0 aromatic heterocycles. The van der Waals surface area contributed by atoms with Crippen molar-refractivity contribution in [1.82, 2.24) is 5.32 Å². The summed E-state index contributed by atoms with van der Waals surface area (Å²) in [5.74, 6) is -2.95. The zero-order valence-corrected chi connectivity index (χ0v) is 12.3. The van der Waals surface area contributed by atoms with E-state index in [0.29, 0.717) is 26.4 Å². The molecule has 116 valence electrons. The lowest BCUT2D eigenvalue weighted by molar-refractivity contribution is -0.354. The first-order valence-electron chi connectivity index (χ1n) is 6.64. The molecular weight excluding hydrogens is 254 g/mol. The van der Waals surface area contributed by atoms with E-state index in [0.717, 1.165) is 0 Å². The highest BCUT2D eigenvalue weighted by Gasteiger charge is 2.43. The largest absolute Gasteiger partial charge is 0.389 e. The monoisotopic (exact) mass is 281 g/mol. The first-order chi connectivity index (χ1) is 9.07. The third-order valence-corrected chi connectivity index (χ3v) is 2.31. The van der Waals surface area contributed by atoms with Crippen LogP contribution >= 0.6 is 0 Å². The lowest BCUT2D eigenvalue weighted by atomic mass is 10.4. The summed E-state index contributed by atoms with van der Waals surface area (Å²) in [6.07, 6.45) is 0. The molecule has 0 heterocycles.